The van der Waals surface area contributed by atoms with Gasteiger partial charge in [-0.05, 0) is 26.8 Å². The van der Waals surface area contributed by atoms with Crippen molar-refractivity contribution >= 4 is 17.8 Å². The molecule has 1 unspecified atom stereocenters. The van der Waals surface area contributed by atoms with Crippen molar-refractivity contribution in [3.8, 4) is 6.07 Å². The second kappa shape index (κ2) is 6.12. The van der Waals surface area contributed by atoms with Crippen molar-refractivity contribution in [1.82, 2.24) is 15.5 Å². The fourth-order valence-corrected chi connectivity index (χ4v) is 2.61. The van der Waals surface area contributed by atoms with Gasteiger partial charge in [-0.2, -0.15) is 5.26 Å². The highest BCUT2D eigenvalue weighted by molar-refractivity contribution is 6.09. The summed E-state index contributed by atoms with van der Waals surface area (Å²) in [5.74, 6) is 0.169. The second-order valence-corrected chi connectivity index (χ2v) is 5.53. The van der Waals surface area contributed by atoms with Crippen LogP contribution in [0, 0.1) is 25.2 Å². The molecule has 0 spiro atoms. The van der Waals surface area contributed by atoms with Crippen LogP contribution in [0.25, 0.3) is 0 Å². The highest BCUT2D eigenvalue weighted by Gasteiger charge is 2.50. The van der Waals surface area contributed by atoms with E-state index in [1.807, 2.05) is 6.07 Å². The molecule has 1 saturated heterocycles. The van der Waals surface area contributed by atoms with Gasteiger partial charge in [0.25, 0.3) is 5.91 Å². The molecule has 0 radical (unpaired) electrons. The topological polar surface area (TPSA) is 115 Å². The number of amides is 4. The minimum atomic E-state index is -1.26. The fraction of sp³-hybridized carbons (Fsp3) is 0.467. The molecule has 2 heterocycles. The van der Waals surface area contributed by atoms with E-state index in [9.17, 15) is 14.4 Å². The number of hydrogen-bond acceptors (Lipinski definition) is 5. The number of aryl methyl sites for hydroxylation is 2. The molecule has 2 rings (SSSR count). The molecule has 1 atom stereocenters. The maximum atomic E-state index is 12.6. The molecule has 1 aliphatic rings. The lowest BCUT2D eigenvalue weighted by Gasteiger charge is -2.21. The third-order valence-corrected chi connectivity index (χ3v) is 3.72. The van der Waals surface area contributed by atoms with Crippen LogP contribution in [0.15, 0.2) is 10.5 Å². The average molecular weight is 318 g/mol. The Labute approximate surface area is 133 Å². The predicted molar refractivity (Wildman–Crippen MR) is 79.0 cm³/mol. The van der Waals surface area contributed by atoms with Crippen molar-refractivity contribution in [3.05, 3.63) is 23.2 Å². The van der Waals surface area contributed by atoms with Crippen molar-refractivity contribution in [2.75, 3.05) is 13.1 Å². The molecule has 0 aliphatic carbocycles. The molecule has 2 N–H and O–H groups in total. The summed E-state index contributed by atoms with van der Waals surface area (Å²) in [4.78, 5) is 37.4. The largest absolute Gasteiger partial charge is 0.466 e. The first-order chi connectivity index (χ1) is 10.8. The van der Waals surface area contributed by atoms with Crippen LogP contribution in [0.3, 0.4) is 0 Å². The lowest BCUT2D eigenvalue weighted by molar-refractivity contribution is -0.134. The molecule has 1 fully saturated rings. The highest BCUT2D eigenvalue weighted by atomic mass is 16.3. The van der Waals surface area contributed by atoms with E-state index in [0.717, 1.165) is 4.90 Å². The van der Waals surface area contributed by atoms with Crippen molar-refractivity contribution in [3.63, 3.8) is 0 Å². The Morgan fingerprint density at radius 2 is 2.17 bits per heavy atom. The van der Waals surface area contributed by atoms with Gasteiger partial charge in [-0.1, -0.05) is 0 Å². The van der Waals surface area contributed by atoms with E-state index >= 15 is 0 Å². The van der Waals surface area contributed by atoms with Crippen LogP contribution in [0.4, 0.5) is 4.79 Å². The molecule has 8 heteroatoms. The molecule has 4 amide bonds. The summed E-state index contributed by atoms with van der Waals surface area (Å²) in [5, 5.41) is 13.5. The molecule has 122 valence electrons. The van der Waals surface area contributed by atoms with Gasteiger partial charge in [0.2, 0.25) is 5.91 Å². The van der Waals surface area contributed by atoms with E-state index in [2.05, 4.69) is 10.6 Å². The first kappa shape index (κ1) is 16.5. The van der Waals surface area contributed by atoms with Crippen molar-refractivity contribution in [2.24, 2.45) is 0 Å². The minimum Gasteiger partial charge on any atom is -0.466 e. The monoisotopic (exact) mass is 318 g/mol. The van der Waals surface area contributed by atoms with E-state index in [1.54, 1.807) is 26.8 Å². The van der Waals surface area contributed by atoms with Gasteiger partial charge in [0.1, 0.15) is 23.6 Å². The molecule has 1 aromatic rings. The normalized spacial score (nSPS) is 20.3. The molecule has 0 bridgehead atoms. The number of carbonyl (C=O) groups is 3. The third-order valence-electron chi connectivity index (χ3n) is 3.72. The maximum Gasteiger partial charge on any atom is 0.325 e. The van der Waals surface area contributed by atoms with Crippen LogP contribution in [0.2, 0.25) is 0 Å². The number of nitrogens with one attached hydrogen (secondary N) is 2. The Kier molecular flexibility index (Phi) is 4.40. The van der Waals surface area contributed by atoms with Crippen molar-refractivity contribution < 1.29 is 18.8 Å². The van der Waals surface area contributed by atoms with E-state index in [-0.39, 0.29) is 19.5 Å². The molecule has 1 aromatic heterocycles. The number of imide groups is 1. The summed E-state index contributed by atoms with van der Waals surface area (Å²) in [5.41, 5.74) is -0.688. The number of urea groups is 1. The molecule has 23 heavy (non-hydrogen) atoms. The van der Waals surface area contributed by atoms with Gasteiger partial charge in [0.05, 0.1) is 12.5 Å². The Bertz CT molecular complexity index is 703. The van der Waals surface area contributed by atoms with E-state index in [1.165, 1.54) is 0 Å². The SMILES string of the molecule is Cc1cc(C2(C)NC(=O)N(CC(=O)NCCC#N)C2=O)c(C)o1. The van der Waals surface area contributed by atoms with Gasteiger partial charge in [-0.25, -0.2) is 4.79 Å². The smallest absolute Gasteiger partial charge is 0.325 e. The number of rotatable bonds is 5. The van der Waals surface area contributed by atoms with Crippen molar-refractivity contribution in [2.45, 2.75) is 32.7 Å². The fourth-order valence-electron chi connectivity index (χ4n) is 2.61. The number of carbonyl (C=O) groups excluding carboxylic acids is 3. The number of furan rings is 1. The Balaban J connectivity index is 2.15. The van der Waals surface area contributed by atoms with Gasteiger partial charge >= 0.3 is 6.03 Å². The zero-order valence-corrected chi connectivity index (χ0v) is 13.2. The highest BCUT2D eigenvalue weighted by Crippen LogP contribution is 2.32. The second-order valence-electron chi connectivity index (χ2n) is 5.53. The minimum absolute atomic E-state index is 0.164. The number of nitrogens with zero attached hydrogens (tertiary/aromatic N) is 2. The van der Waals surface area contributed by atoms with Crippen LogP contribution in [0.5, 0.6) is 0 Å². The first-order valence-corrected chi connectivity index (χ1v) is 7.15. The Hall–Kier alpha value is -2.82. The quantitative estimate of drug-likeness (QED) is 0.612. The Morgan fingerprint density at radius 3 is 2.74 bits per heavy atom. The van der Waals surface area contributed by atoms with Crippen molar-refractivity contribution in [1.29, 1.82) is 5.26 Å². The van der Waals surface area contributed by atoms with Gasteiger partial charge in [-0.3, -0.25) is 14.5 Å². The van der Waals surface area contributed by atoms with Gasteiger partial charge in [0.15, 0.2) is 0 Å². The van der Waals surface area contributed by atoms with E-state index in [0.29, 0.717) is 17.1 Å². The van der Waals surface area contributed by atoms with E-state index in [4.69, 9.17) is 9.68 Å². The Morgan fingerprint density at radius 1 is 1.48 bits per heavy atom. The van der Waals surface area contributed by atoms with Crippen LogP contribution in [-0.2, 0) is 15.1 Å². The van der Waals surface area contributed by atoms with Crippen LogP contribution in [0.1, 0.15) is 30.4 Å². The summed E-state index contributed by atoms with van der Waals surface area (Å²) in [7, 11) is 0. The molecular weight excluding hydrogens is 300 g/mol. The predicted octanol–water partition coefficient (Wildman–Crippen LogP) is 0.693. The van der Waals surface area contributed by atoms with Crippen LogP contribution in [-0.4, -0.2) is 35.8 Å². The lowest BCUT2D eigenvalue weighted by Crippen LogP contribution is -2.43. The van der Waals surface area contributed by atoms with Gasteiger partial charge in [-0.15, -0.1) is 0 Å². The summed E-state index contributed by atoms with van der Waals surface area (Å²) in [6, 6.07) is 2.96. The molecule has 1 aliphatic heterocycles. The number of hydrogen-bond donors (Lipinski definition) is 2. The van der Waals surface area contributed by atoms with Crippen LogP contribution >= 0.6 is 0 Å². The average Bonchev–Trinajstić information content (AvgIpc) is 2.92. The standard InChI is InChI=1S/C15H18N4O4/c1-9-7-11(10(2)23-9)15(3)13(21)19(14(22)18-15)8-12(20)17-6-4-5-16/h7H,4,6,8H2,1-3H3,(H,17,20)(H,18,22). The zero-order chi connectivity index (χ0) is 17.2. The van der Waals surface area contributed by atoms with E-state index < -0.39 is 23.4 Å². The van der Waals surface area contributed by atoms with Gasteiger partial charge < -0.3 is 15.1 Å². The zero-order valence-electron chi connectivity index (χ0n) is 13.2. The molecule has 0 aromatic carbocycles. The lowest BCUT2D eigenvalue weighted by atomic mass is 9.92. The molecule has 0 saturated carbocycles. The third kappa shape index (κ3) is 3.04. The summed E-state index contributed by atoms with van der Waals surface area (Å²) >= 11 is 0. The summed E-state index contributed by atoms with van der Waals surface area (Å²) < 4.78 is 5.43. The maximum absolute atomic E-state index is 12.6. The number of nitriles is 1. The van der Waals surface area contributed by atoms with Crippen LogP contribution < -0.4 is 10.6 Å². The van der Waals surface area contributed by atoms with Gasteiger partial charge in [0, 0.05) is 12.1 Å². The first-order valence-electron chi connectivity index (χ1n) is 7.15. The molecular formula is C15H18N4O4. The summed E-state index contributed by atoms with van der Waals surface area (Å²) in [6.45, 7) is 4.84. The summed E-state index contributed by atoms with van der Waals surface area (Å²) in [6.07, 6.45) is 0.164. The molecule has 8 nitrogen and oxygen atoms in total.